The molecule has 1 heterocycles. The summed E-state index contributed by atoms with van der Waals surface area (Å²) in [6.45, 7) is 1.18. The molecule has 3 nitrogen and oxygen atoms in total. The molecule has 80 valence electrons. The van der Waals surface area contributed by atoms with Gasteiger partial charge in [0.15, 0.2) is 5.78 Å². The van der Waals surface area contributed by atoms with E-state index in [-0.39, 0.29) is 11.7 Å². The summed E-state index contributed by atoms with van der Waals surface area (Å²) in [6.07, 6.45) is 0. The van der Waals surface area contributed by atoms with Crippen molar-refractivity contribution in [2.75, 3.05) is 20.0 Å². The van der Waals surface area contributed by atoms with Crippen molar-refractivity contribution in [2.45, 2.75) is 0 Å². The molecule has 0 N–H and O–H groups in total. The molecule has 0 bridgehead atoms. The maximum Gasteiger partial charge on any atom is 0.171 e. The molecule has 1 aromatic rings. The Balaban J connectivity index is 2.16. The quantitative estimate of drug-likeness (QED) is 0.774. The van der Waals surface area contributed by atoms with Gasteiger partial charge in [-0.25, -0.2) is 0 Å². The molecule has 0 spiro atoms. The molecule has 0 amide bonds. The number of hydrogen-bond acceptors (Lipinski definition) is 3. The highest BCUT2D eigenvalue weighted by Crippen LogP contribution is 2.21. The second-order valence-corrected chi connectivity index (χ2v) is 4.25. The lowest BCUT2D eigenvalue weighted by atomic mass is 9.99. The van der Waals surface area contributed by atoms with Crippen molar-refractivity contribution in [1.29, 1.82) is 0 Å². The van der Waals surface area contributed by atoms with Crippen molar-refractivity contribution in [1.82, 2.24) is 0 Å². The Kier molecular flexibility index (Phi) is 3.51. The minimum Gasteiger partial charge on any atom is -0.355 e. The summed E-state index contributed by atoms with van der Waals surface area (Å²) in [5.74, 6) is -0.111. The minimum absolute atomic E-state index is 0.0715. The Bertz CT molecular complexity index is 359. The van der Waals surface area contributed by atoms with E-state index in [1.165, 1.54) is 0 Å². The van der Waals surface area contributed by atoms with E-state index < -0.39 is 0 Å². The SMILES string of the molecule is O=C(c1ccccc1Br)C1COCOC1. The second-order valence-electron chi connectivity index (χ2n) is 3.40. The van der Waals surface area contributed by atoms with Crippen LogP contribution < -0.4 is 0 Å². The van der Waals surface area contributed by atoms with Crippen molar-refractivity contribution in [3.05, 3.63) is 34.3 Å². The highest BCUT2D eigenvalue weighted by Gasteiger charge is 2.24. The summed E-state index contributed by atoms with van der Waals surface area (Å²) in [4.78, 5) is 12.0. The molecule has 4 heteroatoms. The zero-order chi connectivity index (χ0) is 10.7. The fourth-order valence-corrected chi connectivity index (χ4v) is 2.00. The number of rotatable bonds is 2. The highest BCUT2D eigenvalue weighted by molar-refractivity contribution is 9.10. The molecule has 0 unspecified atom stereocenters. The van der Waals surface area contributed by atoms with Crippen LogP contribution in [0.25, 0.3) is 0 Å². The molecule has 0 saturated carbocycles. The third-order valence-corrected chi connectivity index (χ3v) is 3.01. The summed E-state index contributed by atoms with van der Waals surface area (Å²) in [5, 5.41) is 0. The molecule has 0 atom stereocenters. The first-order valence-corrected chi connectivity index (χ1v) is 5.52. The Hall–Kier alpha value is -0.710. The van der Waals surface area contributed by atoms with Gasteiger partial charge in [-0.15, -0.1) is 0 Å². The Morgan fingerprint density at radius 3 is 2.60 bits per heavy atom. The Morgan fingerprint density at radius 2 is 1.93 bits per heavy atom. The molecule has 0 aromatic heterocycles. The maximum atomic E-state index is 12.0. The molecule has 0 aliphatic carbocycles. The Morgan fingerprint density at radius 1 is 1.27 bits per heavy atom. The predicted octanol–water partition coefficient (Wildman–Crippen LogP) is 2.25. The fourth-order valence-electron chi connectivity index (χ4n) is 1.52. The molecule has 1 aliphatic heterocycles. The summed E-state index contributed by atoms with van der Waals surface area (Å²) < 4.78 is 11.0. The van der Waals surface area contributed by atoms with E-state index >= 15 is 0 Å². The van der Waals surface area contributed by atoms with Crippen LogP contribution >= 0.6 is 15.9 Å². The predicted molar refractivity (Wildman–Crippen MR) is 58.7 cm³/mol. The van der Waals surface area contributed by atoms with Crippen LogP contribution in [-0.2, 0) is 9.47 Å². The summed E-state index contributed by atoms with van der Waals surface area (Å²) >= 11 is 3.36. The number of ketones is 1. The van der Waals surface area contributed by atoms with E-state index in [0.29, 0.717) is 25.6 Å². The first-order valence-electron chi connectivity index (χ1n) is 4.73. The van der Waals surface area contributed by atoms with Gasteiger partial charge in [-0.2, -0.15) is 0 Å². The van der Waals surface area contributed by atoms with Crippen LogP contribution in [0, 0.1) is 5.92 Å². The number of halogens is 1. The van der Waals surface area contributed by atoms with E-state index in [9.17, 15) is 4.79 Å². The van der Waals surface area contributed by atoms with Gasteiger partial charge >= 0.3 is 0 Å². The molecule has 1 fully saturated rings. The third kappa shape index (κ3) is 2.45. The minimum atomic E-state index is -0.183. The van der Waals surface area contributed by atoms with Crippen LogP contribution in [0.3, 0.4) is 0 Å². The first-order chi connectivity index (χ1) is 7.29. The van der Waals surface area contributed by atoms with Crippen LogP contribution in [0.1, 0.15) is 10.4 Å². The van der Waals surface area contributed by atoms with Gasteiger partial charge in [-0.1, -0.05) is 34.1 Å². The number of benzene rings is 1. The van der Waals surface area contributed by atoms with Crippen molar-refractivity contribution in [2.24, 2.45) is 5.92 Å². The monoisotopic (exact) mass is 270 g/mol. The lowest BCUT2D eigenvalue weighted by Crippen LogP contribution is -2.30. The topological polar surface area (TPSA) is 35.5 Å². The third-order valence-electron chi connectivity index (χ3n) is 2.31. The Labute approximate surface area is 96.5 Å². The van der Waals surface area contributed by atoms with E-state index in [2.05, 4.69) is 15.9 Å². The normalized spacial score (nSPS) is 17.7. The number of carbonyl (C=O) groups is 1. The number of hydrogen-bond donors (Lipinski definition) is 0. The molecule has 1 aromatic carbocycles. The van der Waals surface area contributed by atoms with Crippen molar-refractivity contribution in [3.63, 3.8) is 0 Å². The largest absolute Gasteiger partial charge is 0.355 e. The fraction of sp³-hybridized carbons (Fsp3) is 0.364. The van der Waals surface area contributed by atoms with Crippen LogP contribution in [0.5, 0.6) is 0 Å². The zero-order valence-electron chi connectivity index (χ0n) is 8.11. The second kappa shape index (κ2) is 4.88. The number of carbonyl (C=O) groups excluding carboxylic acids is 1. The molecule has 1 saturated heterocycles. The van der Waals surface area contributed by atoms with Gasteiger partial charge in [-0.05, 0) is 6.07 Å². The number of Topliss-reactive ketones (excluding diaryl/α,β-unsaturated/α-hetero) is 1. The van der Waals surface area contributed by atoms with E-state index in [1.807, 2.05) is 18.2 Å². The molecular weight excluding hydrogens is 260 g/mol. The number of ether oxygens (including phenoxy) is 2. The van der Waals surface area contributed by atoms with Crippen LogP contribution in [0.15, 0.2) is 28.7 Å². The summed E-state index contributed by atoms with van der Waals surface area (Å²) in [7, 11) is 0. The van der Waals surface area contributed by atoms with Gasteiger partial charge in [0.25, 0.3) is 0 Å². The van der Waals surface area contributed by atoms with Crippen molar-refractivity contribution in [3.8, 4) is 0 Å². The van der Waals surface area contributed by atoms with Crippen LogP contribution in [0.4, 0.5) is 0 Å². The molecule has 0 radical (unpaired) electrons. The van der Waals surface area contributed by atoms with Crippen LogP contribution in [0.2, 0.25) is 0 Å². The smallest absolute Gasteiger partial charge is 0.171 e. The summed E-state index contributed by atoms with van der Waals surface area (Å²) in [6, 6.07) is 7.40. The molecular formula is C11H11BrO3. The van der Waals surface area contributed by atoms with Crippen molar-refractivity contribution >= 4 is 21.7 Å². The highest BCUT2D eigenvalue weighted by atomic mass is 79.9. The summed E-state index contributed by atoms with van der Waals surface area (Å²) in [5.41, 5.74) is 0.691. The lowest BCUT2D eigenvalue weighted by molar-refractivity contribution is -0.116. The van der Waals surface area contributed by atoms with E-state index in [1.54, 1.807) is 6.07 Å². The average molecular weight is 271 g/mol. The van der Waals surface area contributed by atoms with E-state index in [0.717, 1.165) is 4.47 Å². The first kappa shape index (κ1) is 10.8. The maximum absolute atomic E-state index is 12.0. The van der Waals surface area contributed by atoms with E-state index in [4.69, 9.17) is 9.47 Å². The lowest BCUT2D eigenvalue weighted by Gasteiger charge is -2.21. The van der Waals surface area contributed by atoms with Gasteiger partial charge in [-0.3, -0.25) is 4.79 Å². The zero-order valence-corrected chi connectivity index (χ0v) is 9.70. The van der Waals surface area contributed by atoms with Crippen molar-refractivity contribution < 1.29 is 14.3 Å². The molecule has 1 aliphatic rings. The molecule has 15 heavy (non-hydrogen) atoms. The van der Waals surface area contributed by atoms with Gasteiger partial charge in [0, 0.05) is 10.0 Å². The van der Waals surface area contributed by atoms with Gasteiger partial charge in [0.05, 0.1) is 19.1 Å². The average Bonchev–Trinajstić information content (AvgIpc) is 2.30. The van der Waals surface area contributed by atoms with Crippen LogP contribution in [-0.4, -0.2) is 25.8 Å². The van der Waals surface area contributed by atoms with Gasteiger partial charge in [0.2, 0.25) is 0 Å². The van der Waals surface area contributed by atoms with Gasteiger partial charge in [0.1, 0.15) is 6.79 Å². The molecule has 2 rings (SSSR count). The standard InChI is InChI=1S/C11H11BrO3/c12-10-4-2-1-3-9(10)11(13)8-5-14-7-15-6-8/h1-4,8H,5-7H2. The van der Waals surface area contributed by atoms with Gasteiger partial charge < -0.3 is 9.47 Å².